The van der Waals surface area contributed by atoms with Gasteiger partial charge in [0.1, 0.15) is 12.3 Å². The molecule has 2 rings (SSSR count). The van der Waals surface area contributed by atoms with Crippen LogP contribution in [0.2, 0.25) is 0 Å². The fourth-order valence-electron chi connectivity index (χ4n) is 1.86. The third-order valence-electron chi connectivity index (χ3n) is 3.58. The predicted molar refractivity (Wildman–Crippen MR) is 92.4 cm³/mol. The van der Waals surface area contributed by atoms with Crippen LogP contribution in [0.1, 0.15) is 38.5 Å². The lowest BCUT2D eigenvalue weighted by Crippen LogP contribution is -2.09. The van der Waals surface area contributed by atoms with Crippen molar-refractivity contribution >= 4 is 11.7 Å². The number of hydrogen-bond acceptors (Lipinski definition) is 4. The Morgan fingerprint density at radius 2 is 2.08 bits per heavy atom. The van der Waals surface area contributed by atoms with Crippen molar-refractivity contribution in [1.82, 2.24) is 15.0 Å². The van der Waals surface area contributed by atoms with Gasteiger partial charge in [-0.05, 0) is 25.0 Å². The molecule has 0 N–H and O–H groups in total. The molecular weight excluding hydrogens is 328 g/mol. The van der Waals surface area contributed by atoms with Crippen molar-refractivity contribution in [1.29, 1.82) is 0 Å². The predicted octanol–water partition coefficient (Wildman–Crippen LogP) is 3.82. The molecular formula is C17H21F2N5O. The van der Waals surface area contributed by atoms with Crippen LogP contribution in [0, 0.1) is 5.92 Å². The highest BCUT2D eigenvalue weighted by Gasteiger charge is 2.10. The fraction of sp³-hybridized carbons (Fsp3) is 0.412. The second kappa shape index (κ2) is 8.46. The van der Waals surface area contributed by atoms with Crippen molar-refractivity contribution in [2.24, 2.45) is 15.9 Å². The molecule has 6 nitrogen and oxygen atoms in total. The van der Waals surface area contributed by atoms with Gasteiger partial charge in [0.25, 0.3) is 6.43 Å². The van der Waals surface area contributed by atoms with E-state index in [1.165, 1.54) is 16.8 Å². The summed E-state index contributed by atoms with van der Waals surface area (Å²) in [4.78, 5) is 8.30. The summed E-state index contributed by atoms with van der Waals surface area (Å²) in [5.41, 5.74) is 1.90. The Kier molecular flexibility index (Phi) is 6.32. The van der Waals surface area contributed by atoms with Crippen molar-refractivity contribution in [3.05, 3.63) is 41.7 Å². The van der Waals surface area contributed by atoms with Crippen molar-refractivity contribution in [3.63, 3.8) is 0 Å². The summed E-state index contributed by atoms with van der Waals surface area (Å²) in [7, 11) is 1.60. The molecule has 0 spiro atoms. The van der Waals surface area contributed by atoms with Crippen molar-refractivity contribution in [3.8, 4) is 5.69 Å². The van der Waals surface area contributed by atoms with Crippen LogP contribution in [-0.4, -0.2) is 33.8 Å². The number of benzene rings is 1. The Morgan fingerprint density at radius 1 is 1.32 bits per heavy atom. The molecule has 25 heavy (non-hydrogen) atoms. The summed E-state index contributed by atoms with van der Waals surface area (Å²) in [6.07, 6.45) is -0.909. The first kappa shape index (κ1) is 18.7. The Morgan fingerprint density at radius 3 is 2.72 bits per heavy atom. The summed E-state index contributed by atoms with van der Waals surface area (Å²) < 4.78 is 32.5. The number of alkyl halides is 2. The van der Waals surface area contributed by atoms with Gasteiger partial charge < -0.3 is 4.74 Å². The third-order valence-corrected chi connectivity index (χ3v) is 3.58. The Bertz CT molecular complexity index is 768. The van der Waals surface area contributed by atoms with E-state index < -0.39 is 6.43 Å². The quantitative estimate of drug-likeness (QED) is 0.609. The lowest BCUT2D eigenvalue weighted by Gasteiger charge is -2.06. The zero-order valence-electron chi connectivity index (χ0n) is 14.6. The van der Waals surface area contributed by atoms with E-state index in [9.17, 15) is 8.78 Å². The number of rotatable bonds is 5. The van der Waals surface area contributed by atoms with E-state index >= 15 is 0 Å². The lowest BCUT2D eigenvalue weighted by atomic mass is 10.1. The largest absolute Gasteiger partial charge is 0.457 e. The number of nitrogens with zero attached hydrogens (tertiary/aromatic N) is 5. The lowest BCUT2D eigenvalue weighted by molar-refractivity contribution is 0.151. The van der Waals surface area contributed by atoms with Gasteiger partial charge in [-0.2, -0.15) is 0 Å². The number of aromatic nitrogens is 3. The van der Waals surface area contributed by atoms with Crippen LogP contribution in [-0.2, 0) is 11.3 Å². The van der Waals surface area contributed by atoms with Crippen LogP contribution < -0.4 is 0 Å². The molecule has 0 unspecified atom stereocenters. The topological polar surface area (TPSA) is 64.7 Å². The fourth-order valence-corrected chi connectivity index (χ4v) is 1.86. The molecule has 8 heteroatoms. The number of halogens is 2. The highest BCUT2D eigenvalue weighted by molar-refractivity contribution is 5.94. The molecule has 134 valence electrons. The van der Waals surface area contributed by atoms with Gasteiger partial charge in [0, 0.05) is 18.3 Å². The van der Waals surface area contributed by atoms with E-state index in [-0.39, 0.29) is 18.2 Å². The molecule has 1 aromatic heterocycles. The van der Waals surface area contributed by atoms with E-state index in [2.05, 4.69) is 20.3 Å². The summed E-state index contributed by atoms with van der Waals surface area (Å²) in [5, 5.41) is 7.93. The number of ether oxygens (including phenoxy) is 1. The summed E-state index contributed by atoms with van der Waals surface area (Å²) in [5.74, 6) is 0.295. The first-order valence-corrected chi connectivity index (χ1v) is 7.85. The van der Waals surface area contributed by atoms with Gasteiger partial charge in [-0.1, -0.05) is 31.2 Å². The van der Waals surface area contributed by atoms with Gasteiger partial charge >= 0.3 is 6.02 Å². The molecule has 1 aromatic carbocycles. The summed E-state index contributed by atoms with van der Waals surface area (Å²) >= 11 is 0. The molecule has 0 aliphatic rings. The van der Waals surface area contributed by atoms with Crippen molar-refractivity contribution in [2.75, 3.05) is 7.05 Å². The minimum Gasteiger partial charge on any atom is -0.457 e. The maximum Gasteiger partial charge on any atom is 0.311 e. The van der Waals surface area contributed by atoms with Gasteiger partial charge in [0.15, 0.2) is 0 Å². The molecule has 0 amide bonds. The average molecular weight is 349 g/mol. The SMILES string of the molecule is CN=C(N=C(C)C(C)C)OCc1cn(-c2cccc(C(F)F)c2)nn1. The van der Waals surface area contributed by atoms with E-state index in [1.807, 2.05) is 20.8 Å². The molecule has 1 heterocycles. The van der Waals surface area contributed by atoms with Crippen LogP contribution in [0.4, 0.5) is 8.78 Å². The van der Waals surface area contributed by atoms with Gasteiger partial charge in [-0.15, -0.1) is 5.10 Å². The minimum atomic E-state index is -2.53. The van der Waals surface area contributed by atoms with E-state index in [0.29, 0.717) is 17.3 Å². The standard InChI is InChI=1S/C17H21F2N5O/c1-11(2)12(3)21-17(20-4)25-10-14-9-24(23-22-14)15-7-5-6-13(8-15)16(18)19/h5-9,11,16H,10H2,1-4H3. The smallest absolute Gasteiger partial charge is 0.311 e. The zero-order valence-corrected chi connectivity index (χ0v) is 14.6. The van der Waals surface area contributed by atoms with Crippen LogP contribution in [0.15, 0.2) is 40.4 Å². The first-order valence-electron chi connectivity index (χ1n) is 7.85. The van der Waals surface area contributed by atoms with Gasteiger partial charge in [0.05, 0.1) is 11.9 Å². The molecule has 0 aliphatic carbocycles. The second-order valence-electron chi connectivity index (χ2n) is 5.75. The van der Waals surface area contributed by atoms with Crippen LogP contribution in [0.5, 0.6) is 0 Å². The first-order chi connectivity index (χ1) is 11.9. The van der Waals surface area contributed by atoms with E-state index in [1.54, 1.807) is 25.4 Å². The highest BCUT2D eigenvalue weighted by atomic mass is 19.3. The van der Waals surface area contributed by atoms with Crippen molar-refractivity contribution in [2.45, 2.75) is 33.8 Å². The normalized spacial score (nSPS) is 13.0. The third kappa shape index (κ3) is 5.17. The van der Waals surface area contributed by atoms with Crippen molar-refractivity contribution < 1.29 is 13.5 Å². The van der Waals surface area contributed by atoms with Crippen LogP contribution >= 0.6 is 0 Å². The highest BCUT2D eigenvalue weighted by Crippen LogP contribution is 2.20. The van der Waals surface area contributed by atoms with E-state index in [4.69, 9.17) is 4.74 Å². The summed E-state index contributed by atoms with van der Waals surface area (Å²) in [6.45, 7) is 6.11. The number of amidine groups is 1. The molecule has 2 aromatic rings. The monoisotopic (exact) mass is 349 g/mol. The van der Waals surface area contributed by atoms with E-state index in [0.717, 1.165) is 5.71 Å². The molecule has 0 aliphatic heterocycles. The zero-order chi connectivity index (χ0) is 18.4. The number of aliphatic imine (C=N–C) groups is 2. The van der Waals surface area contributed by atoms with Gasteiger partial charge in [0.2, 0.25) is 0 Å². The maximum absolute atomic E-state index is 12.8. The van der Waals surface area contributed by atoms with Crippen LogP contribution in [0.3, 0.4) is 0 Å². The maximum atomic E-state index is 12.8. The second-order valence-corrected chi connectivity index (χ2v) is 5.75. The molecule has 0 radical (unpaired) electrons. The molecule has 0 atom stereocenters. The Labute approximate surface area is 145 Å². The molecule has 0 bridgehead atoms. The average Bonchev–Trinajstić information content (AvgIpc) is 3.07. The Hall–Kier alpha value is -2.64. The molecule has 0 saturated carbocycles. The summed E-state index contributed by atoms with van der Waals surface area (Å²) in [6, 6.07) is 6.24. The Balaban J connectivity index is 2.07. The number of hydrogen-bond donors (Lipinski definition) is 0. The minimum absolute atomic E-state index is 0.0651. The molecule has 0 saturated heterocycles. The van der Waals surface area contributed by atoms with Gasteiger partial charge in [-0.3, -0.25) is 0 Å². The molecule has 0 fully saturated rings. The van der Waals surface area contributed by atoms with Gasteiger partial charge in [-0.25, -0.2) is 23.4 Å². The van der Waals surface area contributed by atoms with Crippen LogP contribution in [0.25, 0.3) is 5.69 Å².